The summed E-state index contributed by atoms with van der Waals surface area (Å²) < 4.78 is 58.4. The minimum Gasteiger partial charge on any atom is -0.540 e. The Hall–Kier alpha value is -3.31. The zero-order valence-electron chi connectivity index (χ0n) is 15.8. The molecule has 0 aliphatic carbocycles. The third-order valence-electron chi connectivity index (χ3n) is 3.12. The van der Waals surface area contributed by atoms with Crippen molar-refractivity contribution in [1.82, 2.24) is 0 Å². The summed E-state index contributed by atoms with van der Waals surface area (Å²) >= 11 is 0. The number of nitro groups is 2. The molecular formula is C12H18CoN4O14S2+4. The fraction of sp³-hybridized carbons (Fsp3) is 0. The molecular weight excluding hydrogens is 547 g/mol. The summed E-state index contributed by atoms with van der Waals surface area (Å²) in [6, 6.07) is 6.79. The van der Waals surface area contributed by atoms with Gasteiger partial charge < -0.3 is 39.7 Å². The minimum absolute atomic E-state index is 0. The predicted molar refractivity (Wildman–Crippen MR) is 111 cm³/mol. The van der Waals surface area contributed by atoms with Crippen molar-refractivity contribution in [2.75, 3.05) is 0 Å². The van der Waals surface area contributed by atoms with Crippen LogP contribution in [-0.4, -0.2) is 26.7 Å². The molecule has 0 aromatic heterocycles. The molecule has 2 aromatic rings. The van der Waals surface area contributed by atoms with E-state index in [-0.39, 0.29) is 72.9 Å². The van der Waals surface area contributed by atoms with Gasteiger partial charge in [-0.2, -0.15) is 0 Å². The quantitative estimate of drug-likeness (QED) is 0.237. The molecule has 0 bridgehead atoms. The fourth-order valence-electron chi connectivity index (χ4n) is 2.02. The molecule has 2 aliphatic heterocycles. The molecule has 0 unspecified atom stereocenters. The van der Waals surface area contributed by atoms with Crippen molar-refractivity contribution < 1.29 is 73.7 Å². The number of rotatable bonds is 2. The first-order valence-electron chi connectivity index (χ1n) is 6.87. The van der Waals surface area contributed by atoms with E-state index in [0.717, 1.165) is 24.3 Å². The first-order chi connectivity index (χ1) is 13.0. The molecule has 0 saturated carbocycles. The van der Waals surface area contributed by atoms with E-state index in [9.17, 15) is 37.1 Å². The summed E-state index contributed by atoms with van der Waals surface area (Å²) in [5.41, 5.74) is -0.321. The van der Waals surface area contributed by atoms with Crippen LogP contribution in [0.25, 0.3) is 9.44 Å². The third kappa shape index (κ3) is 7.95. The van der Waals surface area contributed by atoms with Crippen molar-refractivity contribution in [2.24, 2.45) is 0 Å². The molecule has 0 spiro atoms. The minimum atomic E-state index is -3.95. The average Bonchev–Trinajstić information content (AvgIpc) is 3.05. The maximum absolute atomic E-state index is 10.8. The van der Waals surface area contributed by atoms with E-state index >= 15 is 0 Å². The number of nitrogens with zero attached hydrogens (tertiary/aromatic N) is 4. The summed E-state index contributed by atoms with van der Waals surface area (Å²) in [7, 11) is -7.89. The van der Waals surface area contributed by atoms with Crippen LogP contribution < -0.4 is 8.37 Å². The Labute approximate surface area is 194 Å². The zero-order chi connectivity index (χ0) is 20.7. The van der Waals surface area contributed by atoms with E-state index in [4.69, 9.17) is 0 Å². The second kappa shape index (κ2) is 12.1. The second-order valence-corrected chi connectivity index (χ2v) is 7.43. The van der Waals surface area contributed by atoms with Crippen molar-refractivity contribution in [1.29, 1.82) is 0 Å². The van der Waals surface area contributed by atoms with Crippen molar-refractivity contribution in [3.8, 4) is 11.5 Å². The van der Waals surface area contributed by atoms with Crippen molar-refractivity contribution in [3.05, 3.63) is 66.1 Å². The van der Waals surface area contributed by atoms with Gasteiger partial charge in [-0.1, -0.05) is 23.5 Å². The maximum atomic E-state index is 10.8. The Kier molecular flexibility index (Phi) is 12.5. The molecule has 2 heterocycles. The van der Waals surface area contributed by atoms with Gasteiger partial charge in [0.1, 0.15) is 11.5 Å². The largest absolute Gasteiger partial charge is 2.00 e. The van der Waals surface area contributed by atoms with Gasteiger partial charge in [0, 0.05) is 12.1 Å². The molecule has 0 amide bonds. The van der Waals surface area contributed by atoms with Gasteiger partial charge in [0.2, 0.25) is 0 Å². The number of nitro benzene ring substituents is 2. The predicted octanol–water partition coefficient (Wildman–Crippen LogP) is -1.22. The van der Waals surface area contributed by atoms with Crippen molar-refractivity contribution in [3.63, 3.8) is 0 Å². The first kappa shape index (κ1) is 34.3. The third-order valence-corrected chi connectivity index (χ3v) is 4.74. The van der Waals surface area contributed by atoms with Crippen molar-refractivity contribution >= 4 is 43.4 Å². The van der Waals surface area contributed by atoms with Gasteiger partial charge in [-0.25, -0.2) is 16.8 Å². The van der Waals surface area contributed by atoms with Crippen LogP contribution >= 0.6 is 0 Å². The Bertz CT molecular complexity index is 1130. The molecule has 33 heavy (non-hydrogen) atoms. The first-order valence-corrected chi connectivity index (χ1v) is 9.60. The summed E-state index contributed by atoms with van der Waals surface area (Å²) in [6.07, 6.45) is 0. The Morgan fingerprint density at radius 1 is 0.667 bits per heavy atom. The zero-order valence-corrected chi connectivity index (χ0v) is 18.5. The van der Waals surface area contributed by atoms with Crippen LogP contribution in [0.3, 0.4) is 0 Å². The number of hydrogen-bond acceptors (Lipinski definition) is 10. The number of hydrogen-bond donors (Lipinski definition) is 0. The van der Waals surface area contributed by atoms with Crippen LogP contribution in [-0.2, 0) is 59.3 Å². The van der Waals surface area contributed by atoms with Gasteiger partial charge in [0.05, 0.1) is 22.0 Å². The van der Waals surface area contributed by atoms with Crippen LogP contribution in [0.2, 0.25) is 0 Å². The van der Waals surface area contributed by atoms with Crippen LogP contribution in [0.5, 0.6) is 11.5 Å². The standard InChI is InChI=1S/2C6H3N2O5S.Co.4H2O/c2*9-8(10)4-1-2-5-6(3-4)13-14(11,12)7-5;;;;;/h2*1-3H;;4*1H2/q2*-1;+2;;;;/p+4. The van der Waals surface area contributed by atoms with E-state index < -0.39 is 30.5 Å². The smallest absolute Gasteiger partial charge is 0.540 e. The molecule has 2 aromatic carbocycles. The molecule has 2 aliphatic rings. The monoisotopic (exact) mass is 565 g/mol. The average molecular weight is 565 g/mol. The molecule has 18 nitrogen and oxygen atoms in total. The molecule has 0 atom stereocenters. The van der Waals surface area contributed by atoms with Gasteiger partial charge in [-0.05, 0) is 0 Å². The van der Waals surface area contributed by atoms with Gasteiger partial charge in [0.25, 0.3) is 32.0 Å². The van der Waals surface area contributed by atoms with Crippen LogP contribution in [0.4, 0.5) is 22.7 Å². The van der Waals surface area contributed by atoms with E-state index in [2.05, 4.69) is 17.8 Å². The number of non-ortho nitro benzene ring substituents is 2. The Morgan fingerprint density at radius 2 is 0.970 bits per heavy atom. The molecule has 21 heteroatoms. The summed E-state index contributed by atoms with van der Waals surface area (Å²) in [6.45, 7) is 0. The Balaban J connectivity index is -0.000000474. The van der Waals surface area contributed by atoms with Gasteiger partial charge in [-0.15, -0.1) is 0 Å². The normalized spacial score (nSPS) is 14.1. The molecule has 0 saturated heterocycles. The van der Waals surface area contributed by atoms with E-state index in [1.54, 1.807) is 0 Å². The molecule has 0 fully saturated rings. The molecule has 1 radical (unpaired) electrons. The van der Waals surface area contributed by atoms with Crippen LogP contribution in [0.1, 0.15) is 0 Å². The van der Waals surface area contributed by atoms with Gasteiger partial charge >= 0.3 is 16.8 Å². The van der Waals surface area contributed by atoms with Crippen LogP contribution in [0, 0.1) is 20.2 Å². The maximum Gasteiger partial charge on any atom is 2.00 e. The second-order valence-electron chi connectivity index (χ2n) is 5.02. The van der Waals surface area contributed by atoms with E-state index in [1.807, 2.05) is 0 Å². The van der Waals surface area contributed by atoms with Crippen LogP contribution in [0.15, 0.2) is 36.4 Å². The SMILES string of the molecule is O=[N+]([O-])c1ccc2c(c1)OS(=O)(=O)[N-]2.O=[N+]([O-])c1ccc2c(c1)OS(=O)(=O)[N-]2.[Co+2].[OH3+].[OH3+].[OH3+].[OH3+]. The number of fused-ring (bicyclic) bond motifs is 2. The Morgan fingerprint density at radius 3 is 1.24 bits per heavy atom. The van der Waals surface area contributed by atoms with Crippen molar-refractivity contribution in [2.45, 2.75) is 0 Å². The summed E-state index contributed by atoms with van der Waals surface area (Å²) in [5.74, 6) is -0.224. The number of benzene rings is 2. The topological polar surface area (TPSA) is 333 Å². The molecule has 187 valence electrons. The fourth-order valence-corrected chi connectivity index (χ4v) is 3.60. The van der Waals surface area contributed by atoms with E-state index in [0.29, 0.717) is 0 Å². The van der Waals surface area contributed by atoms with E-state index in [1.165, 1.54) is 12.1 Å². The molecule has 12 N–H and O–H groups in total. The summed E-state index contributed by atoms with van der Waals surface area (Å²) in [4.78, 5) is 19.4. The van der Waals surface area contributed by atoms with Gasteiger partial charge in [-0.3, -0.25) is 20.2 Å². The summed E-state index contributed by atoms with van der Waals surface area (Å²) in [5, 5.41) is 20.7. The molecule has 4 rings (SSSR count). The van der Waals surface area contributed by atoms with Gasteiger partial charge in [0.15, 0.2) is 0 Å².